The van der Waals surface area contributed by atoms with Crippen LogP contribution >= 0.6 is 0 Å². The Morgan fingerprint density at radius 3 is 2.87 bits per heavy atom. The van der Waals surface area contributed by atoms with Crippen molar-refractivity contribution in [1.82, 2.24) is 0 Å². The first-order chi connectivity index (χ1) is 7.27. The third-order valence-corrected chi connectivity index (χ3v) is 2.27. The average Bonchev–Trinajstić information content (AvgIpc) is 2.29. The highest BCUT2D eigenvalue weighted by Crippen LogP contribution is 2.09. The van der Waals surface area contributed by atoms with E-state index in [4.69, 9.17) is 5.73 Å². The van der Waals surface area contributed by atoms with Gasteiger partial charge in [-0.25, -0.2) is 4.79 Å². The number of aryl methyl sites for hydroxylation is 1. The van der Waals surface area contributed by atoms with Gasteiger partial charge in [-0.15, -0.1) is 0 Å². The molecule has 0 fully saturated rings. The molecule has 0 aliphatic heterocycles. The molecule has 2 N–H and O–H groups in total. The molecule has 0 aliphatic carbocycles. The van der Waals surface area contributed by atoms with Gasteiger partial charge >= 0.3 is 5.97 Å². The van der Waals surface area contributed by atoms with Crippen molar-refractivity contribution in [3.05, 3.63) is 35.4 Å². The quantitative estimate of drug-likeness (QED) is 0.591. The fourth-order valence-electron chi connectivity index (χ4n) is 1.45. The molecule has 0 radical (unpaired) electrons. The molecule has 0 aromatic heterocycles. The van der Waals surface area contributed by atoms with Gasteiger partial charge in [0.05, 0.1) is 12.7 Å². The summed E-state index contributed by atoms with van der Waals surface area (Å²) in [7, 11) is 1.39. The largest absolute Gasteiger partial charge is 0.465 e. The van der Waals surface area contributed by atoms with E-state index in [2.05, 4.69) is 4.74 Å². The zero-order chi connectivity index (χ0) is 11.1. The predicted molar refractivity (Wildman–Crippen MR) is 59.8 cm³/mol. The summed E-state index contributed by atoms with van der Waals surface area (Å²) in [4.78, 5) is 11.3. The molecule has 0 atom stereocenters. The number of rotatable bonds is 5. The number of ether oxygens (including phenoxy) is 1. The second-order valence-electron chi connectivity index (χ2n) is 3.44. The van der Waals surface area contributed by atoms with Gasteiger partial charge in [0.1, 0.15) is 0 Å². The maximum atomic E-state index is 11.3. The molecule has 0 aliphatic rings. The molecule has 0 saturated carbocycles. The van der Waals surface area contributed by atoms with Crippen LogP contribution in [-0.2, 0) is 11.2 Å². The predicted octanol–water partition coefficient (Wildman–Crippen LogP) is 1.75. The molecular weight excluding hydrogens is 190 g/mol. The summed E-state index contributed by atoms with van der Waals surface area (Å²) < 4.78 is 4.66. The molecule has 0 bridgehead atoms. The maximum absolute atomic E-state index is 11.3. The van der Waals surface area contributed by atoms with Gasteiger partial charge < -0.3 is 10.5 Å². The van der Waals surface area contributed by atoms with Crippen LogP contribution < -0.4 is 5.73 Å². The van der Waals surface area contributed by atoms with Gasteiger partial charge in [-0.1, -0.05) is 12.1 Å². The Balaban J connectivity index is 2.62. The first kappa shape index (κ1) is 11.7. The summed E-state index contributed by atoms with van der Waals surface area (Å²) in [5, 5.41) is 0. The lowest BCUT2D eigenvalue weighted by Crippen LogP contribution is -2.02. The van der Waals surface area contributed by atoms with E-state index < -0.39 is 0 Å². The summed E-state index contributed by atoms with van der Waals surface area (Å²) >= 11 is 0. The van der Waals surface area contributed by atoms with Crippen LogP contribution in [0.1, 0.15) is 28.8 Å². The van der Waals surface area contributed by atoms with Crippen LogP contribution in [0.2, 0.25) is 0 Å². The van der Waals surface area contributed by atoms with Crippen molar-refractivity contribution in [2.75, 3.05) is 13.7 Å². The Bertz CT molecular complexity index is 323. The number of esters is 1. The van der Waals surface area contributed by atoms with Crippen molar-refractivity contribution in [1.29, 1.82) is 0 Å². The van der Waals surface area contributed by atoms with E-state index in [1.54, 1.807) is 6.07 Å². The molecule has 0 spiro atoms. The molecule has 1 aromatic rings. The molecule has 0 heterocycles. The van der Waals surface area contributed by atoms with Crippen molar-refractivity contribution in [2.24, 2.45) is 5.73 Å². The van der Waals surface area contributed by atoms with Gasteiger partial charge in [0, 0.05) is 0 Å². The molecule has 1 aromatic carbocycles. The number of nitrogens with two attached hydrogens (primary N) is 1. The van der Waals surface area contributed by atoms with Gasteiger partial charge in [0.25, 0.3) is 0 Å². The summed E-state index contributed by atoms with van der Waals surface area (Å²) in [6, 6.07) is 7.54. The zero-order valence-corrected chi connectivity index (χ0v) is 9.03. The van der Waals surface area contributed by atoms with Crippen LogP contribution in [-0.4, -0.2) is 19.6 Å². The fourth-order valence-corrected chi connectivity index (χ4v) is 1.45. The van der Waals surface area contributed by atoms with Gasteiger partial charge in [-0.05, 0) is 43.5 Å². The maximum Gasteiger partial charge on any atom is 0.337 e. The SMILES string of the molecule is COC(=O)c1cccc(CCCCN)c1. The number of carbonyl (C=O) groups excluding carboxylic acids is 1. The average molecular weight is 207 g/mol. The first-order valence-corrected chi connectivity index (χ1v) is 5.15. The van der Waals surface area contributed by atoms with E-state index in [0.29, 0.717) is 5.56 Å². The number of hydrogen-bond donors (Lipinski definition) is 1. The van der Waals surface area contributed by atoms with E-state index in [1.165, 1.54) is 7.11 Å². The summed E-state index contributed by atoms with van der Waals surface area (Å²) in [6.45, 7) is 0.719. The van der Waals surface area contributed by atoms with Crippen molar-refractivity contribution in [3.8, 4) is 0 Å². The lowest BCUT2D eigenvalue weighted by Gasteiger charge is -2.03. The molecule has 1 rings (SSSR count). The van der Waals surface area contributed by atoms with Crippen LogP contribution in [0.3, 0.4) is 0 Å². The van der Waals surface area contributed by atoms with Crippen LogP contribution in [0.15, 0.2) is 24.3 Å². The molecule has 0 unspecified atom stereocenters. The smallest absolute Gasteiger partial charge is 0.337 e. The van der Waals surface area contributed by atoms with Gasteiger partial charge in [0.15, 0.2) is 0 Å². The first-order valence-electron chi connectivity index (χ1n) is 5.15. The Morgan fingerprint density at radius 2 is 2.20 bits per heavy atom. The van der Waals surface area contributed by atoms with Gasteiger partial charge in [-0.2, -0.15) is 0 Å². The van der Waals surface area contributed by atoms with E-state index in [0.717, 1.165) is 31.4 Å². The molecule has 0 saturated heterocycles. The Labute approximate surface area is 90.2 Å². The highest BCUT2D eigenvalue weighted by Gasteiger charge is 2.04. The Hall–Kier alpha value is -1.35. The molecule has 3 heteroatoms. The molecule has 82 valence electrons. The normalized spacial score (nSPS) is 10.0. The number of benzene rings is 1. The van der Waals surface area contributed by atoms with Crippen LogP contribution in [0.25, 0.3) is 0 Å². The second kappa shape index (κ2) is 6.19. The number of methoxy groups -OCH3 is 1. The molecule has 15 heavy (non-hydrogen) atoms. The van der Waals surface area contributed by atoms with Gasteiger partial charge in [-0.3, -0.25) is 0 Å². The monoisotopic (exact) mass is 207 g/mol. The summed E-state index contributed by atoms with van der Waals surface area (Å²) in [5.74, 6) is -0.282. The summed E-state index contributed by atoms with van der Waals surface area (Å²) in [5.41, 5.74) is 7.19. The van der Waals surface area contributed by atoms with Crippen molar-refractivity contribution < 1.29 is 9.53 Å². The lowest BCUT2D eigenvalue weighted by molar-refractivity contribution is 0.0600. The van der Waals surface area contributed by atoms with E-state index in [1.807, 2.05) is 18.2 Å². The Morgan fingerprint density at radius 1 is 1.40 bits per heavy atom. The third-order valence-electron chi connectivity index (χ3n) is 2.27. The minimum Gasteiger partial charge on any atom is -0.465 e. The Kier molecular flexibility index (Phi) is 4.84. The zero-order valence-electron chi connectivity index (χ0n) is 9.03. The number of unbranched alkanes of at least 4 members (excludes halogenated alkanes) is 1. The van der Waals surface area contributed by atoms with Crippen molar-refractivity contribution >= 4 is 5.97 Å². The van der Waals surface area contributed by atoms with E-state index >= 15 is 0 Å². The van der Waals surface area contributed by atoms with Crippen LogP contribution in [0, 0.1) is 0 Å². The topological polar surface area (TPSA) is 52.3 Å². The minimum atomic E-state index is -0.282. The van der Waals surface area contributed by atoms with E-state index in [9.17, 15) is 4.79 Å². The second-order valence-corrected chi connectivity index (χ2v) is 3.44. The van der Waals surface area contributed by atoms with Crippen molar-refractivity contribution in [2.45, 2.75) is 19.3 Å². The lowest BCUT2D eigenvalue weighted by atomic mass is 10.1. The molecule has 3 nitrogen and oxygen atoms in total. The fraction of sp³-hybridized carbons (Fsp3) is 0.417. The summed E-state index contributed by atoms with van der Waals surface area (Å²) in [6.07, 6.45) is 3.03. The number of carbonyl (C=O) groups is 1. The van der Waals surface area contributed by atoms with Crippen LogP contribution in [0.4, 0.5) is 0 Å². The van der Waals surface area contributed by atoms with E-state index in [-0.39, 0.29) is 5.97 Å². The third kappa shape index (κ3) is 3.72. The van der Waals surface area contributed by atoms with Crippen LogP contribution in [0.5, 0.6) is 0 Å². The molecular formula is C12H17NO2. The van der Waals surface area contributed by atoms with Gasteiger partial charge in [0.2, 0.25) is 0 Å². The number of hydrogen-bond acceptors (Lipinski definition) is 3. The van der Waals surface area contributed by atoms with Crippen molar-refractivity contribution in [3.63, 3.8) is 0 Å². The minimum absolute atomic E-state index is 0.282. The molecule has 0 amide bonds. The highest BCUT2D eigenvalue weighted by molar-refractivity contribution is 5.89. The standard InChI is InChI=1S/C12H17NO2/c1-15-12(14)11-7-4-6-10(9-11)5-2-3-8-13/h4,6-7,9H,2-3,5,8,13H2,1H3. The highest BCUT2D eigenvalue weighted by atomic mass is 16.5.